The summed E-state index contributed by atoms with van der Waals surface area (Å²) in [5.74, 6) is -0.247. The predicted octanol–water partition coefficient (Wildman–Crippen LogP) is 4.33. The number of ether oxygens (including phenoxy) is 1. The first-order valence-electron chi connectivity index (χ1n) is 9.30. The number of methoxy groups -OCH3 is 1. The second-order valence-corrected chi connectivity index (χ2v) is 8.23. The van der Waals surface area contributed by atoms with Crippen molar-refractivity contribution in [2.75, 3.05) is 17.7 Å². The van der Waals surface area contributed by atoms with E-state index in [1.165, 1.54) is 18.4 Å². The highest BCUT2D eigenvalue weighted by molar-refractivity contribution is 7.15. The number of thiophene rings is 1. The molecule has 2 amide bonds. The monoisotopic (exact) mass is 400 g/mol. The molecule has 1 fully saturated rings. The molecule has 148 valence electrons. The molecule has 6 nitrogen and oxygen atoms in total. The second-order valence-electron chi connectivity index (χ2n) is 7.35. The van der Waals surface area contributed by atoms with E-state index < -0.39 is 5.97 Å². The fourth-order valence-electron chi connectivity index (χ4n) is 2.87. The zero-order valence-corrected chi connectivity index (χ0v) is 17.0. The highest BCUT2D eigenvalue weighted by atomic mass is 32.1. The van der Waals surface area contributed by atoms with Gasteiger partial charge in [0.15, 0.2) is 0 Å². The molecule has 7 heteroatoms. The maximum absolute atomic E-state index is 12.6. The lowest BCUT2D eigenvalue weighted by Crippen LogP contribution is -2.16. The van der Waals surface area contributed by atoms with Crippen molar-refractivity contribution < 1.29 is 19.1 Å². The molecule has 0 atom stereocenters. The first-order chi connectivity index (χ1) is 13.4. The second kappa shape index (κ2) is 8.56. The maximum atomic E-state index is 12.6. The third kappa shape index (κ3) is 4.78. The van der Waals surface area contributed by atoms with E-state index in [0.717, 1.165) is 24.8 Å². The first-order valence-corrected chi connectivity index (χ1v) is 10.2. The summed E-state index contributed by atoms with van der Waals surface area (Å²) in [6.07, 6.45) is 2.61. The Hall–Kier alpha value is -2.67. The average molecular weight is 401 g/mol. The van der Waals surface area contributed by atoms with Crippen LogP contribution in [0.2, 0.25) is 0 Å². The molecule has 0 radical (unpaired) electrons. The average Bonchev–Trinajstić information content (AvgIpc) is 3.45. The summed E-state index contributed by atoms with van der Waals surface area (Å²) in [5.41, 5.74) is 2.40. The summed E-state index contributed by atoms with van der Waals surface area (Å²) in [4.78, 5) is 36.6. The zero-order valence-electron chi connectivity index (χ0n) is 16.2. The van der Waals surface area contributed by atoms with Crippen LogP contribution in [0.15, 0.2) is 29.6 Å². The Balaban J connectivity index is 1.72. The topological polar surface area (TPSA) is 84.5 Å². The van der Waals surface area contributed by atoms with E-state index in [1.807, 2.05) is 5.38 Å². The number of carbonyl (C=O) groups excluding carboxylic acids is 3. The number of hydrogen-bond acceptors (Lipinski definition) is 5. The van der Waals surface area contributed by atoms with Gasteiger partial charge in [-0.2, -0.15) is 0 Å². The molecule has 28 heavy (non-hydrogen) atoms. The van der Waals surface area contributed by atoms with E-state index >= 15 is 0 Å². The molecule has 0 unspecified atom stereocenters. The Morgan fingerprint density at radius 1 is 1.14 bits per heavy atom. The number of rotatable bonds is 7. The normalized spacial score (nSPS) is 13.3. The summed E-state index contributed by atoms with van der Waals surface area (Å²) < 4.78 is 4.90. The summed E-state index contributed by atoms with van der Waals surface area (Å²) in [6.45, 7) is 4.14. The van der Waals surface area contributed by atoms with Crippen LogP contribution < -0.4 is 10.6 Å². The fraction of sp³-hybridized carbons (Fsp3) is 0.381. The van der Waals surface area contributed by atoms with Crippen LogP contribution in [-0.2, 0) is 16.0 Å². The summed E-state index contributed by atoms with van der Waals surface area (Å²) in [5, 5.41) is 8.03. The highest BCUT2D eigenvalue weighted by Gasteiger charge is 2.29. The molecule has 2 N–H and O–H groups in total. The van der Waals surface area contributed by atoms with Crippen LogP contribution in [-0.4, -0.2) is 24.9 Å². The molecule has 0 spiro atoms. The summed E-state index contributed by atoms with van der Waals surface area (Å²) in [6, 6.07) is 6.71. The van der Waals surface area contributed by atoms with E-state index in [9.17, 15) is 14.4 Å². The molecule has 1 heterocycles. The van der Waals surface area contributed by atoms with Crippen molar-refractivity contribution in [3.63, 3.8) is 0 Å². The lowest BCUT2D eigenvalue weighted by Gasteiger charge is -2.09. The Morgan fingerprint density at radius 3 is 2.39 bits per heavy atom. The van der Waals surface area contributed by atoms with Gasteiger partial charge >= 0.3 is 5.97 Å². The quantitative estimate of drug-likeness (QED) is 0.678. The van der Waals surface area contributed by atoms with Crippen LogP contribution in [0.3, 0.4) is 0 Å². The smallest absolute Gasteiger partial charge is 0.341 e. The molecule has 0 saturated heterocycles. The van der Waals surface area contributed by atoms with Gasteiger partial charge in [0, 0.05) is 17.2 Å². The SMILES string of the molecule is COC(=O)c1c(CC(C)C)csc1NC(=O)c1ccc(NC(=O)C2CC2)cc1. The number of esters is 1. The van der Waals surface area contributed by atoms with Gasteiger partial charge in [-0.25, -0.2) is 4.79 Å². The maximum Gasteiger partial charge on any atom is 0.341 e. The van der Waals surface area contributed by atoms with E-state index in [-0.39, 0.29) is 17.7 Å². The van der Waals surface area contributed by atoms with Crippen molar-refractivity contribution in [2.45, 2.75) is 33.1 Å². The molecule has 1 aliphatic carbocycles. The van der Waals surface area contributed by atoms with Gasteiger partial charge < -0.3 is 15.4 Å². The van der Waals surface area contributed by atoms with Gasteiger partial charge in [0.05, 0.1) is 12.7 Å². The van der Waals surface area contributed by atoms with Crippen LogP contribution >= 0.6 is 11.3 Å². The first kappa shape index (κ1) is 20.1. The number of anilines is 2. The van der Waals surface area contributed by atoms with E-state index in [1.54, 1.807) is 24.3 Å². The van der Waals surface area contributed by atoms with Crippen molar-refractivity contribution in [3.8, 4) is 0 Å². The summed E-state index contributed by atoms with van der Waals surface area (Å²) in [7, 11) is 1.33. The molecule has 1 aromatic carbocycles. The third-order valence-electron chi connectivity index (χ3n) is 4.47. The molecular formula is C21H24N2O4S. The molecule has 0 bridgehead atoms. The minimum absolute atomic E-state index is 0.0242. The van der Waals surface area contributed by atoms with Crippen LogP contribution in [0, 0.1) is 11.8 Å². The summed E-state index contributed by atoms with van der Waals surface area (Å²) >= 11 is 1.32. The van der Waals surface area contributed by atoms with Crippen molar-refractivity contribution in [2.24, 2.45) is 11.8 Å². The Kier molecular flexibility index (Phi) is 6.14. The Bertz CT molecular complexity index is 882. The van der Waals surface area contributed by atoms with Crippen molar-refractivity contribution >= 4 is 39.8 Å². The third-order valence-corrected chi connectivity index (χ3v) is 5.42. The van der Waals surface area contributed by atoms with Gasteiger partial charge in [0.2, 0.25) is 5.91 Å². The Morgan fingerprint density at radius 2 is 1.82 bits per heavy atom. The van der Waals surface area contributed by atoms with Crippen molar-refractivity contribution in [1.82, 2.24) is 0 Å². The van der Waals surface area contributed by atoms with E-state index in [0.29, 0.717) is 27.7 Å². The minimum Gasteiger partial charge on any atom is -0.465 e. The largest absolute Gasteiger partial charge is 0.465 e. The predicted molar refractivity (Wildman–Crippen MR) is 110 cm³/mol. The Labute approximate surface area is 168 Å². The van der Waals surface area contributed by atoms with Crippen LogP contribution in [0.5, 0.6) is 0 Å². The van der Waals surface area contributed by atoms with Crippen LogP contribution in [0.4, 0.5) is 10.7 Å². The lowest BCUT2D eigenvalue weighted by atomic mass is 10.0. The number of hydrogen-bond donors (Lipinski definition) is 2. The van der Waals surface area contributed by atoms with Crippen LogP contribution in [0.1, 0.15) is 53.0 Å². The number of benzene rings is 1. The minimum atomic E-state index is -0.453. The lowest BCUT2D eigenvalue weighted by molar-refractivity contribution is -0.117. The van der Waals surface area contributed by atoms with Crippen molar-refractivity contribution in [1.29, 1.82) is 0 Å². The van der Waals surface area contributed by atoms with Gasteiger partial charge in [0.25, 0.3) is 5.91 Å². The number of nitrogens with one attached hydrogen (secondary N) is 2. The molecular weight excluding hydrogens is 376 g/mol. The zero-order chi connectivity index (χ0) is 20.3. The van der Waals surface area contributed by atoms with Gasteiger partial charge in [0.1, 0.15) is 5.00 Å². The fourth-order valence-corrected chi connectivity index (χ4v) is 3.83. The molecule has 1 aromatic heterocycles. The molecule has 3 rings (SSSR count). The van der Waals surface area contributed by atoms with Gasteiger partial charge in [-0.15, -0.1) is 11.3 Å². The number of amides is 2. The highest BCUT2D eigenvalue weighted by Crippen LogP contribution is 2.32. The molecule has 2 aromatic rings. The standard InChI is InChI=1S/C21H24N2O4S/c1-12(2)10-15-11-28-20(17(15)21(26)27-3)23-19(25)14-6-8-16(9-7-14)22-18(24)13-4-5-13/h6-9,11-13H,4-5,10H2,1-3H3,(H,22,24)(H,23,25). The van der Waals surface area contributed by atoms with E-state index in [2.05, 4.69) is 24.5 Å². The van der Waals surface area contributed by atoms with Crippen molar-refractivity contribution in [3.05, 3.63) is 46.3 Å². The molecule has 0 aliphatic heterocycles. The van der Waals surface area contributed by atoms with Gasteiger partial charge in [-0.05, 0) is 60.4 Å². The van der Waals surface area contributed by atoms with Gasteiger partial charge in [-0.1, -0.05) is 13.8 Å². The van der Waals surface area contributed by atoms with E-state index in [4.69, 9.17) is 4.74 Å². The molecule has 1 saturated carbocycles. The number of carbonyl (C=O) groups is 3. The van der Waals surface area contributed by atoms with Crippen LogP contribution in [0.25, 0.3) is 0 Å². The van der Waals surface area contributed by atoms with Gasteiger partial charge in [-0.3, -0.25) is 9.59 Å². The molecule has 1 aliphatic rings.